The number of methoxy groups -OCH3 is 3. The van der Waals surface area contributed by atoms with Gasteiger partial charge in [0.05, 0.1) is 39.1 Å². The molecule has 2 N–H and O–H groups in total. The minimum atomic E-state index is -0.452. The smallest absolute Gasteiger partial charge is 0.259 e. The van der Waals surface area contributed by atoms with Crippen LogP contribution < -0.4 is 25.0 Å². The maximum Gasteiger partial charge on any atom is 0.259 e. The van der Waals surface area contributed by atoms with Crippen molar-refractivity contribution in [3.63, 3.8) is 0 Å². The average Bonchev–Trinajstić information content (AvgIpc) is 3.19. The molecule has 0 spiro atoms. The number of thiophene rings is 1. The maximum absolute atomic E-state index is 12.3. The van der Waals surface area contributed by atoms with Gasteiger partial charge in [0.15, 0.2) is 16.6 Å². The van der Waals surface area contributed by atoms with Gasteiger partial charge in [-0.15, -0.1) is 0 Å². The Bertz CT molecular complexity index is 1140. The van der Waals surface area contributed by atoms with Gasteiger partial charge < -0.3 is 19.5 Å². The molecule has 0 radical (unpaired) electrons. The first-order chi connectivity index (χ1) is 15.0. The Hall–Kier alpha value is -3.59. The van der Waals surface area contributed by atoms with Crippen molar-refractivity contribution >= 4 is 38.9 Å². The Labute approximate surface area is 183 Å². The predicted octanol–water partition coefficient (Wildman–Crippen LogP) is 3.20. The molecule has 162 valence electrons. The van der Waals surface area contributed by atoms with Crippen molar-refractivity contribution in [2.75, 3.05) is 27.9 Å². The lowest BCUT2D eigenvalue weighted by Crippen LogP contribution is -2.35. The van der Waals surface area contributed by atoms with Crippen molar-refractivity contribution in [2.24, 2.45) is 5.10 Å². The molecule has 3 rings (SSSR count). The highest BCUT2D eigenvalue weighted by molar-refractivity contribution is 7.21. The third kappa shape index (κ3) is 4.95. The highest BCUT2D eigenvalue weighted by Gasteiger charge is 2.16. The minimum Gasteiger partial charge on any atom is -0.493 e. The Morgan fingerprint density at radius 1 is 1.00 bits per heavy atom. The number of amides is 2. The Morgan fingerprint density at radius 2 is 1.74 bits per heavy atom. The van der Waals surface area contributed by atoms with E-state index in [-0.39, 0.29) is 6.54 Å². The van der Waals surface area contributed by atoms with Crippen LogP contribution in [-0.4, -0.2) is 45.4 Å². The van der Waals surface area contributed by atoms with Crippen LogP contribution in [0.2, 0.25) is 0 Å². The second kappa shape index (κ2) is 9.94. The summed E-state index contributed by atoms with van der Waals surface area (Å²) in [4.78, 5) is 24.5. The van der Waals surface area contributed by atoms with Gasteiger partial charge in [0, 0.05) is 15.6 Å². The summed E-state index contributed by atoms with van der Waals surface area (Å²) in [6, 6.07) is 12.6. The van der Waals surface area contributed by atoms with Crippen LogP contribution in [0, 0.1) is 0 Å². The normalized spacial score (nSPS) is 11.2. The SMILES string of the molecule is COc1ccc(C(=O)NCC(=O)N/N=C(\C)c2c(OC)sc3ccccc23)cc1OC. The monoisotopic (exact) mass is 441 g/mol. The van der Waals surface area contributed by atoms with Crippen molar-refractivity contribution in [2.45, 2.75) is 6.92 Å². The van der Waals surface area contributed by atoms with Crippen molar-refractivity contribution in [3.05, 3.63) is 53.6 Å². The summed E-state index contributed by atoms with van der Waals surface area (Å²) in [5.74, 6) is 0.0729. The fraction of sp³-hybridized carbons (Fsp3) is 0.227. The summed E-state index contributed by atoms with van der Waals surface area (Å²) in [6.45, 7) is 1.56. The molecule has 0 aliphatic carbocycles. The number of ether oxygens (including phenoxy) is 3. The molecule has 0 saturated heterocycles. The van der Waals surface area contributed by atoms with Gasteiger partial charge in [0.1, 0.15) is 0 Å². The molecule has 0 saturated carbocycles. The number of nitrogens with zero attached hydrogens (tertiary/aromatic N) is 1. The highest BCUT2D eigenvalue weighted by Crippen LogP contribution is 2.37. The largest absolute Gasteiger partial charge is 0.493 e. The molecular formula is C22H23N3O5S. The second-order valence-electron chi connectivity index (χ2n) is 6.45. The lowest BCUT2D eigenvalue weighted by atomic mass is 10.1. The summed E-state index contributed by atoms with van der Waals surface area (Å²) in [5, 5.41) is 8.46. The summed E-state index contributed by atoms with van der Waals surface area (Å²) >= 11 is 1.51. The summed E-state index contributed by atoms with van der Waals surface area (Å²) in [7, 11) is 4.60. The number of nitrogens with one attached hydrogen (secondary N) is 2. The summed E-state index contributed by atoms with van der Waals surface area (Å²) < 4.78 is 16.9. The van der Waals surface area contributed by atoms with E-state index < -0.39 is 11.8 Å². The maximum atomic E-state index is 12.3. The number of hydrogen-bond acceptors (Lipinski definition) is 7. The molecular weight excluding hydrogens is 418 g/mol. The Morgan fingerprint density at radius 3 is 2.45 bits per heavy atom. The van der Waals surface area contributed by atoms with E-state index in [0.29, 0.717) is 22.8 Å². The van der Waals surface area contributed by atoms with Crippen LogP contribution in [0.25, 0.3) is 10.1 Å². The van der Waals surface area contributed by atoms with Crippen LogP contribution in [-0.2, 0) is 4.79 Å². The number of carbonyl (C=O) groups excluding carboxylic acids is 2. The molecule has 3 aromatic rings. The van der Waals surface area contributed by atoms with Gasteiger partial charge >= 0.3 is 0 Å². The molecule has 2 amide bonds. The van der Waals surface area contributed by atoms with Crippen LogP contribution in [0.5, 0.6) is 16.6 Å². The fourth-order valence-electron chi connectivity index (χ4n) is 2.99. The van der Waals surface area contributed by atoms with Gasteiger partial charge in [-0.2, -0.15) is 5.10 Å². The molecule has 1 aromatic heterocycles. The first-order valence-corrected chi connectivity index (χ1v) is 10.2. The lowest BCUT2D eigenvalue weighted by molar-refractivity contribution is -0.120. The lowest BCUT2D eigenvalue weighted by Gasteiger charge is -2.10. The Kier molecular flexibility index (Phi) is 7.09. The average molecular weight is 442 g/mol. The third-order valence-electron chi connectivity index (χ3n) is 4.51. The van der Waals surface area contributed by atoms with E-state index in [1.165, 1.54) is 25.6 Å². The molecule has 0 fully saturated rings. The number of carbonyl (C=O) groups is 2. The molecule has 0 aliphatic heterocycles. The third-order valence-corrected chi connectivity index (χ3v) is 5.65. The van der Waals surface area contributed by atoms with Crippen molar-refractivity contribution in [1.29, 1.82) is 0 Å². The number of hydrazone groups is 1. The van der Waals surface area contributed by atoms with E-state index in [1.54, 1.807) is 32.2 Å². The number of fused-ring (bicyclic) bond motifs is 1. The topological polar surface area (TPSA) is 98.2 Å². The van der Waals surface area contributed by atoms with E-state index >= 15 is 0 Å². The van der Waals surface area contributed by atoms with Gasteiger partial charge in [0.2, 0.25) is 0 Å². The molecule has 1 heterocycles. The van der Waals surface area contributed by atoms with E-state index in [4.69, 9.17) is 14.2 Å². The standard InChI is InChI=1S/C22H23N3O5S/c1-13(20-15-7-5-6-8-18(15)31-22(20)30-4)24-25-19(26)12-23-21(27)14-9-10-16(28-2)17(11-14)29-3/h5-11H,12H2,1-4H3,(H,23,27)(H,25,26)/b24-13+. The summed E-state index contributed by atoms with van der Waals surface area (Å²) in [6.07, 6.45) is 0. The van der Waals surface area contributed by atoms with E-state index in [0.717, 1.165) is 20.7 Å². The van der Waals surface area contributed by atoms with Crippen LogP contribution in [0.15, 0.2) is 47.6 Å². The van der Waals surface area contributed by atoms with Crippen molar-refractivity contribution < 1.29 is 23.8 Å². The fourth-order valence-corrected chi connectivity index (χ4v) is 4.06. The molecule has 2 aromatic carbocycles. The van der Waals surface area contributed by atoms with Gasteiger partial charge in [-0.3, -0.25) is 9.59 Å². The zero-order chi connectivity index (χ0) is 22.4. The zero-order valence-corrected chi connectivity index (χ0v) is 18.5. The molecule has 31 heavy (non-hydrogen) atoms. The van der Waals surface area contributed by atoms with Crippen LogP contribution >= 0.6 is 11.3 Å². The highest BCUT2D eigenvalue weighted by atomic mass is 32.1. The van der Waals surface area contributed by atoms with Gasteiger partial charge in [-0.05, 0) is 31.2 Å². The first kappa shape index (κ1) is 22.1. The molecule has 0 bridgehead atoms. The zero-order valence-electron chi connectivity index (χ0n) is 17.6. The van der Waals surface area contributed by atoms with E-state index in [1.807, 2.05) is 24.3 Å². The number of hydrogen-bond donors (Lipinski definition) is 2. The molecule has 0 unspecified atom stereocenters. The van der Waals surface area contributed by atoms with Crippen molar-refractivity contribution in [3.8, 4) is 16.6 Å². The number of benzene rings is 2. The summed E-state index contributed by atoms with van der Waals surface area (Å²) in [5.41, 5.74) is 4.26. The van der Waals surface area contributed by atoms with Crippen molar-refractivity contribution in [1.82, 2.24) is 10.7 Å². The molecule has 0 aliphatic rings. The van der Waals surface area contributed by atoms with Gasteiger partial charge in [0.25, 0.3) is 11.8 Å². The van der Waals surface area contributed by atoms with Crippen LogP contribution in [0.4, 0.5) is 0 Å². The van der Waals surface area contributed by atoms with Gasteiger partial charge in [-0.1, -0.05) is 29.5 Å². The predicted molar refractivity (Wildman–Crippen MR) is 121 cm³/mol. The molecule has 9 heteroatoms. The number of rotatable bonds is 8. The molecule has 0 atom stereocenters. The second-order valence-corrected chi connectivity index (χ2v) is 7.46. The van der Waals surface area contributed by atoms with Crippen LogP contribution in [0.1, 0.15) is 22.8 Å². The van der Waals surface area contributed by atoms with Gasteiger partial charge in [-0.25, -0.2) is 5.43 Å². The van der Waals surface area contributed by atoms with E-state index in [2.05, 4.69) is 15.8 Å². The first-order valence-electron chi connectivity index (χ1n) is 9.37. The Balaban J connectivity index is 1.64. The quantitative estimate of drug-likeness (QED) is 0.413. The van der Waals surface area contributed by atoms with E-state index in [9.17, 15) is 9.59 Å². The van der Waals surface area contributed by atoms with Crippen LogP contribution in [0.3, 0.4) is 0 Å². The molecule has 8 nitrogen and oxygen atoms in total. The minimum absolute atomic E-state index is 0.231.